The van der Waals surface area contributed by atoms with E-state index in [1.54, 1.807) is 34.6 Å². The van der Waals surface area contributed by atoms with E-state index in [0.717, 1.165) is 12.1 Å². The zero-order chi connectivity index (χ0) is 15.2. The largest absolute Gasteiger partial charge is 1.00 e. The predicted octanol–water partition coefficient (Wildman–Crippen LogP) is -0.858. The first kappa shape index (κ1) is 16.3. The molecule has 0 aliphatic heterocycles. The topological polar surface area (TPSA) is 41.1 Å². The number of nitrogens with one attached hydrogen (secondary N) is 1. The summed E-state index contributed by atoms with van der Waals surface area (Å²) in [5.41, 5.74) is 0.392. The Morgan fingerprint density at radius 2 is 1.82 bits per heavy atom. The quantitative estimate of drug-likeness (QED) is 0.554. The van der Waals surface area contributed by atoms with Gasteiger partial charge in [0.2, 0.25) is 0 Å². The molecule has 3 rings (SSSR count). The molecular formula is C14H11BrF3N3O. The zero-order valence-corrected chi connectivity index (χ0v) is 12.9. The number of imidazole rings is 1. The van der Waals surface area contributed by atoms with Crippen molar-refractivity contribution < 1.29 is 34.7 Å². The van der Waals surface area contributed by atoms with Crippen LogP contribution in [-0.2, 0) is 13.2 Å². The van der Waals surface area contributed by atoms with Crippen molar-refractivity contribution in [3.8, 4) is 11.3 Å². The van der Waals surface area contributed by atoms with E-state index in [4.69, 9.17) is 0 Å². The van der Waals surface area contributed by atoms with Crippen LogP contribution in [0.4, 0.5) is 13.2 Å². The molecule has 0 bridgehead atoms. The molecule has 0 fully saturated rings. The first-order valence-electron chi connectivity index (χ1n) is 6.13. The first-order valence-corrected chi connectivity index (χ1v) is 6.13. The highest BCUT2D eigenvalue weighted by Crippen LogP contribution is 2.30. The van der Waals surface area contributed by atoms with Crippen molar-refractivity contribution in [1.29, 1.82) is 0 Å². The Morgan fingerprint density at radius 3 is 2.41 bits per heavy atom. The van der Waals surface area contributed by atoms with E-state index in [0.29, 0.717) is 16.9 Å². The molecule has 2 heterocycles. The lowest BCUT2D eigenvalue weighted by Crippen LogP contribution is -3.00. The average Bonchev–Trinajstić information content (AvgIpc) is 2.80. The number of rotatable bonds is 1. The standard InChI is InChI=1S/C14H10F3N3O.BrH/c1-19-6-7-20-8-11(18-12(21)13(19)20)9-2-4-10(5-3-9)14(15,16)17;/h2-8H,1H3;1H. The highest BCUT2D eigenvalue weighted by Gasteiger charge is 2.30. The van der Waals surface area contributed by atoms with Crippen LogP contribution in [0.3, 0.4) is 0 Å². The van der Waals surface area contributed by atoms with Crippen molar-refractivity contribution in [2.45, 2.75) is 6.18 Å². The van der Waals surface area contributed by atoms with Crippen molar-refractivity contribution in [3.05, 3.63) is 58.8 Å². The molecule has 2 aromatic heterocycles. The molecule has 116 valence electrons. The van der Waals surface area contributed by atoms with Gasteiger partial charge in [-0.2, -0.15) is 17.6 Å². The van der Waals surface area contributed by atoms with Gasteiger partial charge in [-0.3, -0.25) is 4.79 Å². The lowest BCUT2D eigenvalue weighted by molar-refractivity contribution is -0.645. The molecule has 0 aliphatic rings. The van der Waals surface area contributed by atoms with E-state index in [-0.39, 0.29) is 22.5 Å². The Bertz CT molecular complexity index is 866. The van der Waals surface area contributed by atoms with Crippen LogP contribution in [0.1, 0.15) is 5.56 Å². The third-order valence-corrected chi connectivity index (χ3v) is 3.27. The van der Waals surface area contributed by atoms with Gasteiger partial charge in [0.05, 0.1) is 18.3 Å². The van der Waals surface area contributed by atoms with Crippen LogP contribution in [0.25, 0.3) is 16.9 Å². The van der Waals surface area contributed by atoms with Crippen molar-refractivity contribution in [3.63, 3.8) is 0 Å². The summed E-state index contributed by atoms with van der Waals surface area (Å²) in [7, 11) is 1.74. The molecule has 0 atom stereocenters. The summed E-state index contributed by atoms with van der Waals surface area (Å²) in [6, 6.07) is 4.66. The highest BCUT2D eigenvalue weighted by atomic mass is 79.9. The SMILES string of the molecule is C[n+]1ccn2cc(-c3ccc(C(F)(F)F)cc3)[nH]c(=O)c21.[Br-]. The fraction of sp³-hybridized carbons (Fsp3) is 0.143. The number of hydrogen-bond donors (Lipinski definition) is 1. The van der Waals surface area contributed by atoms with E-state index >= 15 is 0 Å². The van der Waals surface area contributed by atoms with Gasteiger partial charge >= 0.3 is 17.4 Å². The number of nitrogens with zero attached hydrogens (tertiary/aromatic N) is 2. The first-order chi connectivity index (χ1) is 9.86. The predicted molar refractivity (Wildman–Crippen MR) is 69.6 cm³/mol. The third kappa shape index (κ3) is 2.78. The number of fused-ring (bicyclic) bond motifs is 1. The number of aromatic nitrogens is 3. The summed E-state index contributed by atoms with van der Waals surface area (Å²) in [6.07, 6.45) is 0.725. The number of hydrogen-bond acceptors (Lipinski definition) is 1. The van der Waals surface area contributed by atoms with Gasteiger partial charge in [0, 0.05) is 5.56 Å². The number of benzene rings is 1. The normalized spacial score (nSPS) is 11.5. The van der Waals surface area contributed by atoms with E-state index in [1.807, 2.05) is 0 Å². The zero-order valence-electron chi connectivity index (χ0n) is 11.4. The van der Waals surface area contributed by atoms with Crippen LogP contribution in [0.5, 0.6) is 0 Å². The van der Waals surface area contributed by atoms with Crippen molar-refractivity contribution in [1.82, 2.24) is 9.38 Å². The van der Waals surface area contributed by atoms with Gasteiger partial charge in [-0.05, 0) is 12.1 Å². The number of H-pyrrole nitrogens is 1. The number of aryl methyl sites for hydroxylation is 1. The van der Waals surface area contributed by atoms with Crippen LogP contribution in [0.15, 0.2) is 47.7 Å². The fourth-order valence-electron chi connectivity index (χ4n) is 2.21. The smallest absolute Gasteiger partial charge is 0.416 e. The number of halogens is 4. The summed E-state index contributed by atoms with van der Waals surface area (Å²) in [6.45, 7) is 0. The molecule has 3 aromatic rings. The molecule has 0 saturated heterocycles. The van der Waals surface area contributed by atoms with Crippen molar-refractivity contribution >= 4 is 5.65 Å². The van der Waals surface area contributed by atoms with Gasteiger partial charge in [0.15, 0.2) is 0 Å². The summed E-state index contributed by atoms with van der Waals surface area (Å²) < 4.78 is 40.9. The summed E-state index contributed by atoms with van der Waals surface area (Å²) in [4.78, 5) is 14.7. The van der Waals surface area contributed by atoms with Crippen molar-refractivity contribution in [2.75, 3.05) is 0 Å². The van der Waals surface area contributed by atoms with Crippen LogP contribution in [0, 0.1) is 0 Å². The minimum Gasteiger partial charge on any atom is -1.00 e. The van der Waals surface area contributed by atoms with Crippen LogP contribution in [-0.4, -0.2) is 9.38 Å². The molecule has 1 N–H and O–H groups in total. The number of aromatic amines is 1. The van der Waals surface area contributed by atoms with E-state index in [9.17, 15) is 18.0 Å². The lowest BCUT2D eigenvalue weighted by Gasteiger charge is -2.07. The molecule has 0 amide bonds. The Kier molecular flexibility index (Phi) is 4.15. The third-order valence-electron chi connectivity index (χ3n) is 3.27. The second kappa shape index (κ2) is 5.60. The lowest BCUT2D eigenvalue weighted by atomic mass is 10.1. The highest BCUT2D eigenvalue weighted by molar-refractivity contribution is 5.59. The van der Waals surface area contributed by atoms with Gasteiger partial charge in [0.25, 0.3) is 0 Å². The molecule has 0 unspecified atom stereocenters. The van der Waals surface area contributed by atoms with E-state index in [1.165, 1.54) is 12.1 Å². The maximum atomic E-state index is 12.5. The monoisotopic (exact) mass is 373 g/mol. The van der Waals surface area contributed by atoms with Gasteiger partial charge in [0.1, 0.15) is 18.6 Å². The Morgan fingerprint density at radius 1 is 1.18 bits per heavy atom. The van der Waals surface area contributed by atoms with Crippen LogP contribution in [0.2, 0.25) is 0 Å². The molecule has 0 spiro atoms. The van der Waals surface area contributed by atoms with E-state index in [2.05, 4.69) is 4.98 Å². The number of alkyl halides is 3. The Balaban J connectivity index is 0.00000176. The van der Waals surface area contributed by atoms with Gasteiger partial charge in [-0.15, -0.1) is 0 Å². The molecular weight excluding hydrogens is 363 g/mol. The minimum atomic E-state index is -4.37. The van der Waals surface area contributed by atoms with Gasteiger partial charge < -0.3 is 22.0 Å². The summed E-state index contributed by atoms with van der Waals surface area (Å²) >= 11 is 0. The molecule has 1 aromatic carbocycles. The molecule has 0 aliphatic carbocycles. The van der Waals surface area contributed by atoms with Gasteiger partial charge in [-0.1, -0.05) is 12.1 Å². The molecule has 0 saturated carbocycles. The molecule has 22 heavy (non-hydrogen) atoms. The van der Waals surface area contributed by atoms with Crippen LogP contribution < -0.4 is 27.1 Å². The summed E-state index contributed by atoms with van der Waals surface area (Å²) in [5.74, 6) is 0. The second-order valence-corrected chi connectivity index (χ2v) is 4.71. The minimum absolute atomic E-state index is 0. The summed E-state index contributed by atoms with van der Waals surface area (Å²) in [5, 5.41) is 0. The molecule has 0 radical (unpaired) electrons. The second-order valence-electron chi connectivity index (χ2n) is 4.71. The maximum Gasteiger partial charge on any atom is 0.416 e. The Labute approximate surface area is 133 Å². The average molecular weight is 374 g/mol. The maximum absolute atomic E-state index is 12.5. The molecule has 4 nitrogen and oxygen atoms in total. The van der Waals surface area contributed by atoms with Crippen LogP contribution >= 0.6 is 0 Å². The van der Waals surface area contributed by atoms with E-state index < -0.39 is 11.7 Å². The Hall–Kier alpha value is -2.09. The molecule has 8 heteroatoms. The van der Waals surface area contributed by atoms with Gasteiger partial charge in [-0.25, -0.2) is 4.57 Å². The fourth-order valence-corrected chi connectivity index (χ4v) is 2.21. The van der Waals surface area contributed by atoms with Crippen molar-refractivity contribution in [2.24, 2.45) is 7.05 Å².